The van der Waals surface area contributed by atoms with Gasteiger partial charge in [0.05, 0.1) is 4.92 Å². The summed E-state index contributed by atoms with van der Waals surface area (Å²) in [6, 6.07) is 7.24. The minimum Gasteiger partial charge on any atom is -0.310 e. The van der Waals surface area contributed by atoms with Gasteiger partial charge in [0.1, 0.15) is 0 Å². The van der Waals surface area contributed by atoms with Crippen LogP contribution in [0, 0.1) is 10.1 Å². The highest BCUT2D eigenvalue weighted by atomic mass is 16.6. The molecule has 1 atom stereocenters. The van der Waals surface area contributed by atoms with Gasteiger partial charge in [0, 0.05) is 24.7 Å². The van der Waals surface area contributed by atoms with Crippen LogP contribution in [0.1, 0.15) is 51.5 Å². The normalized spacial score (nSPS) is 12.3. The summed E-state index contributed by atoms with van der Waals surface area (Å²) in [7, 11) is 0. The molecule has 1 aromatic carbocycles. The summed E-state index contributed by atoms with van der Waals surface area (Å²) >= 11 is 0. The predicted octanol–water partition coefficient (Wildman–Crippen LogP) is 4.04. The molecule has 106 valence electrons. The van der Waals surface area contributed by atoms with Gasteiger partial charge in [0.25, 0.3) is 5.69 Å². The van der Waals surface area contributed by atoms with Crippen molar-refractivity contribution in [3.63, 3.8) is 0 Å². The average molecular weight is 264 g/mol. The molecule has 0 heterocycles. The molecule has 0 amide bonds. The van der Waals surface area contributed by atoms with Crippen LogP contribution in [0.5, 0.6) is 0 Å². The van der Waals surface area contributed by atoms with Crippen LogP contribution in [-0.4, -0.2) is 11.0 Å². The summed E-state index contributed by atoms with van der Waals surface area (Å²) < 4.78 is 0. The quantitative estimate of drug-likeness (QED) is 0.416. The number of nitrogens with one attached hydrogen (secondary N) is 1. The van der Waals surface area contributed by atoms with E-state index >= 15 is 0 Å². The van der Waals surface area contributed by atoms with Gasteiger partial charge < -0.3 is 5.32 Å². The maximum Gasteiger partial charge on any atom is 0.269 e. The van der Waals surface area contributed by atoms with Crippen molar-refractivity contribution in [3.05, 3.63) is 39.9 Å². The van der Waals surface area contributed by atoms with Crippen molar-refractivity contribution in [1.82, 2.24) is 5.32 Å². The number of benzene rings is 1. The molecule has 4 nitrogen and oxygen atoms in total. The Morgan fingerprint density at radius 2 is 1.89 bits per heavy atom. The van der Waals surface area contributed by atoms with Gasteiger partial charge in [-0.15, -0.1) is 0 Å². The molecule has 19 heavy (non-hydrogen) atoms. The molecule has 0 bridgehead atoms. The van der Waals surface area contributed by atoms with Crippen molar-refractivity contribution in [2.75, 3.05) is 0 Å². The highest BCUT2D eigenvalue weighted by Gasteiger charge is 2.05. The topological polar surface area (TPSA) is 55.2 Å². The van der Waals surface area contributed by atoms with E-state index in [1.807, 2.05) is 12.1 Å². The lowest BCUT2D eigenvalue weighted by atomic mass is 10.1. The molecule has 1 rings (SSSR count). The Bertz CT molecular complexity index is 376. The Balaban J connectivity index is 2.25. The molecule has 0 fully saturated rings. The van der Waals surface area contributed by atoms with Gasteiger partial charge in [0.15, 0.2) is 0 Å². The number of nitrogens with zero attached hydrogens (tertiary/aromatic N) is 1. The third-order valence-electron chi connectivity index (χ3n) is 3.29. The van der Waals surface area contributed by atoms with E-state index in [2.05, 4.69) is 19.2 Å². The molecule has 0 saturated carbocycles. The third-order valence-corrected chi connectivity index (χ3v) is 3.29. The van der Waals surface area contributed by atoms with Crippen LogP contribution in [0.15, 0.2) is 24.3 Å². The van der Waals surface area contributed by atoms with Gasteiger partial charge in [-0.1, -0.05) is 44.7 Å². The molecular formula is C15H24N2O2. The standard InChI is InChI=1S/C15H24N2O2/c1-3-4-5-6-7-13(2)16-12-14-8-10-15(11-9-14)17(18)19/h8-11,13,16H,3-7,12H2,1-2H3. The SMILES string of the molecule is CCCCCCC(C)NCc1ccc([N+](=O)[O-])cc1. The lowest BCUT2D eigenvalue weighted by molar-refractivity contribution is -0.384. The minimum absolute atomic E-state index is 0.149. The zero-order valence-corrected chi connectivity index (χ0v) is 11.9. The van der Waals surface area contributed by atoms with Crippen molar-refractivity contribution in [2.45, 2.75) is 58.5 Å². The summed E-state index contributed by atoms with van der Waals surface area (Å²) in [4.78, 5) is 10.2. The van der Waals surface area contributed by atoms with Crippen LogP contribution >= 0.6 is 0 Å². The summed E-state index contributed by atoms with van der Waals surface area (Å²) in [6.07, 6.45) is 6.34. The zero-order valence-electron chi connectivity index (χ0n) is 11.9. The van der Waals surface area contributed by atoms with Crippen molar-refractivity contribution in [2.24, 2.45) is 0 Å². The average Bonchev–Trinajstić information content (AvgIpc) is 2.42. The molecule has 0 spiro atoms. The molecular weight excluding hydrogens is 240 g/mol. The lowest BCUT2D eigenvalue weighted by Crippen LogP contribution is -2.25. The Morgan fingerprint density at radius 3 is 2.47 bits per heavy atom. The molecule has 0 radical (unpaired) electrons. The second-order valence-corrected chi connectivity index (χ2v) is 5.05. The van der Waals surface area contributed by atoms with Crippen LogP contribution < -0.4 is 5.32 Å². The van der Waals surface area contributed by atoms with E-state index in [1.54, 1.807) is 12.1 Å². The van der Waals surface area contributed by atoms with Gasteiger partial charge in [0.2, 0.25) is 0 Å². The Labute approximate surface area is 115 Å². The predicted molar refractivity (Wildman–Crippen MR) is 78.2 cm³/mol. The molecule has 4 heteroatoms. The first-order valence-corrected chi connectivity index (χ1v) is 7.10. The number of hydrogen-bond donors (Lipinski definition) is 1. The molecule has 0 aromatic heterocycles. The number of unbranched alkanes of at least 4 members (excludes halogenated alkanes) is 3. The minimum atomic E-state index is -0.367. The smallest absolute Gasteiger partial charge is 0.269 e. The molecule has 1 N–H and O–H groups in total. The van der Waals surface area contributed by atoms with E-state index < -0.39 is 0 Å². The van der Waals surface area contributed by atoms with Crippen molar-refractivity contribution < 1.29 is 4.92 Å². The largest absolute Gasteiger partial charge is 0.310 e. The highest BCUT2D eigenvalue weighted by molar-refractivity contribution is 5.32. The number of nitro benzene ring substituents is 1. The van der Waals surface area contributed by atoms with Crippen LogP contribution in [0.3, 0.4) is 0 Å². The second kappa shape index (κ2) is 8.64. The van der Waals surface area contributed by atoms with Crippen LogP contribution in [0.25, 0.3) is 0 Å². The third kappa shape index (κ3) is 6.34. The van der Waals surface area contributed by atoms with Gasteiger partial charge >= 0.3 is 0 Å². The summed E-state index contributed by atoms with van der Waals surface area (Å²) in [5.74, 6) is 0. The summed E-state index contributed by atoms with van der Waals surface area (Å²) in [6.45, 7) is 5.18. The van der Waals surface area contributed by atoms with Crippen LogP contribution in [-0.2, 0) is 6.54 Å². The maximum absolute atomic E-state index is 10.5. The summed E-state index contributed by atoms with van der Waals surface area (Å²) in [5, 5.41) is 14.0. The number of rotatable bonds is 9. The van der Waals surface area contributed by atoms with Crippen molar-refractivity contribution in [1.29, 1.82) is 0 Å². The van der Waals surface area contributed by atoms with Gasteiger partial charge in [-0.25, -0.2) is 0 Å². The monoisotopic (exact) mass is 264 g/mol. The molecule has 0 aliphatic rings. The van der Waals surface area contributed by atoms with E-state index in [-0.39, 0.29) is 10.6 Å². The Kier molecular flexibility index (Phi) is 7.11. The molecule has 0 saturated heterocycles. The number of hydrogen-bond acceptors (Lipinski definition) is 3. The van der Waals surface area contributed by atoms with E-state index in [4.69, 9.17) is 0 Å². The lowest BCUT2D eigenvalue weighted by Gasteiger charge is -2.13. The first-order valence-electron chi connectivity index (χ1n) is 7.10. The van der Waals surface area contributed by atoms with E-state index in [9.17, 15) is 10.1 Å². The second-order valence-electron chi connectivity index (χ2n) is 5.05. The number of nitro groups is 1. The Morgan fingerprint density at radius 1 is 1.21 bits per heavy atom. The van der Waals surface area contributed by atoms with E-state index in [0.29, 0.717) is 6.04 Å². The maximum atomic E-state index is 10.5. The molecule has 1 unspecified atom stereocenters. The molecule has 1 aromatic rings. The van der Waals surface area contributed by atoms with Crippen molar-refractivity contribution >= 4 is 5.69 Å². The fourth-order valence-electron chi connectivity index (χ4n) is 2.01. The van der Waals surface area contributed by atoms with Gasteiger partial charge in [-0.3, -0.25) is 10.1 Å². The number of non-ortho nitro benzene ring substituents is 1. The van der Waals surface area contributed by atoms with Crippen molar-refractivity contribution in [3.8, 4) is 0 Å². The fourth-order valence-corrected chi connectivity index (χ4v) is 2.01. The first-order chi connectivity index (χ1) is 9.13. The Hall–Kier alpha value is -1.42. The van der Waals surface area contributed by atoms with Crippen LogP contribution in [0.4, 0.5) is 5.69 Å². The fraction of sp³-hybridized carbons (Fsp3) is 0.600. The van der Waals surface area contributed by atoms with Gasteiger partial charge in [-0.05, 0) is 18.9 Å². The van der Waals surface area contributed by atoms with E-state index in [1.165, 1.54) is 32.1 Å². The highest BCUT2D eigenvalue weighted by Crippen LogP contribution is 2.12. The van der Waals surface area contributed by atoms with Gasteiger partial charge in [-0.2, -0.15) is 0 Å². The summed E-state index contributed by atoms with van der Waals surface area (Å²) in [5.41, 5.74) is 1.24. The van der Waals surface area contributed by atoms with E-state index in [0.717, 1.165) is 12.1 Å². The van der Waals surface area contributed by atoms with Crippen LogP contribution in [0.2, 0.25) is 0 Å². The zero-order chi connectivity index (χ0) is 14.1. The first kappa shape index (κ1) is 15.6. The molecule has 0 aliphatic carbocycles. The molecule has 0 aliphatic heterocycles.